The van der Waals surface area contributed by atoms with Crippen LogP contribution in [0.5, 0.6) is 5.75 Å². The number of likely N-dealkylation sites (N-methyl/N-ethyl adjacent to an activating group) is 1. The first-order valence-corrected chi connectivity index (χ1v) is 9.35. The van der Waals surface area contributed by atoms with Gasteiger partial charge in [-0.1, -0.05) is 26.0 Å². The summed E-state index contributed by atoms with van der Waals surface area (Å²) in [6, 6.07) is 7.99. The van der Waals surface area contributed by atoms with Crippen LogP contribution in [0.25, 0.3) is 0 Å². The Morgan fingerprint density at radius 3 is 2.44 bits per heavy atom. The molecular weight excluding hydrogens is 344 g/mol. The minimum absolute atomic E-state index is 0.0648. The summed E-state index contributed by atoms with van der Waals surface area (Å²) in [5.74, 6) is 0.828. The molecule has 1 aromatic heterocycles. The van der Waals surface area contributed by atoms with Crippen molar-refractivity contribution in [3.63, 3.8) is 0 Å². The van der Waals surface area contributed by atoms with Gasteiger partial charge < -0.3 is 15.0 Å². The lowest BCUT2D eigenvalue weighted by molar-refractivity contribution is 0.249. The molecule has 7 nitrogen and oxygen atoms in total. The number of H-pyrrole nitrogens is 1. The molecule has 0 aliphatic carbocycles. The number of rotatable bonds is 10. The molecule has 2 N–H and O–H groups in total. The molecule has 0 aliphatic rings. The van der Waals surface area contributed by atoms with E-state index in [2.05, 4.69) is 29.0 Å². The quantitative estimate of drug-likeness (QED) is 0.656. The van der Waals surface area contributed by atoms with E-state index in [1.165, 1.54) is 0 Å². The van der Waals surface area contributed by atoms with Crippen LogP contribution in [0.2, 0.25) is 0 Å². The minimum Gasteiger partial charge on any atom is -0.497 e. The van der Waals surface area contributed by atoms with Gasteiger partial charge in [-0.15, -0.1) is 0 Å². The number of aryl methyl sites for hydroxylation is 1. The fourth-order valence-corrected chi connectivity index (χ4v) is 2.98. The van der Waals surface area contributed by atoms with Crippen LogP contribution in [0, 0.1) is 6.92 Å². The maximum absolute atomic E-state index is 12.1. The first kappa shape index (κ1) is 20.9. The summed E-state index contributed by atoms with van der Waals surface area (Å²) >= 11 is 0. The fourth-order valence-electron chi connectivity index (χ4n) is 2.98. The van der Waals surface area contributed by atoms with Crippen molar-refractivity contribution in [3.05, 3.63) is 62.4 Å². The fraction of sp³-hybridized carbons (Fsp3) is 0.500. The Bertz CT molecular complexity index is 822. The molecule has 0 bridgehead atoms. The van der Waals surface area contributed by atoms with E-state index in [1.54, 1.807) is 24.8 Å². The number of aromatic nitrogens is 2. The third kappa shape index (κ3) is 6.08. The third-order valence-corrected chi connectivity index (χ3v) is 4.73. The molecule has 1 unspecified atom stereocenters. The maximum atomic E-state index is 12.1. The highest BCUT2D eigenvalue weighted by Crippen LogP contribution is 2.11. The number of benzene rings is 1. The molecule has 0 radical (unpaired) electrons. The van der Waals surface area contributed by atoms with Gasteiger partial charge in [0.15, 0.2) is 0 Å². The lowest BCUT2D eigenvalue weighted by atomic mass is 10.2. The van der Waals surface area contributed by atoms with Gasteiger partial charge in [-0.05, 0) is 37.7 Å². The van der Waals surface area contributed by atoms with Gasteiger partial charge in [-0.25, -0.2) is 4.79 Å². The molecular formula is C20H30N4O3. The number of hydrogen-bond acceptors (Lipinski definition) is 5. The van der Waals surface area contributed by atoms with Crippen molar-refractivity contribution in [2.24, 2.45) is 0 Å². The molecule has 1 heterocycles. The molecule has 1 aromatic carbocycles. The van der Waals surface area contributed by atoms with Gasteiger partial charge in [-0.3, -0.25) is 14.3 Å². The van der Waals surface area contributed by atoms with Crippen molar-refractivity contribution in [2.45, 2.75) is 39.9 Å². The van der Waals surface area contributed by atoms with Gasteiger partial charge in [0.2, 0.25) is 0 Å². The van der Waals surface area contributed by atoms with E-state index in [0.29, 0.717) is 18.7 Å². The van der Waals surface area contributed by atoms with Crippen molar-refractivity contribution in [3.8, 4) is 5.75 Å². The molecule has 27 heavy (non-hydrogen) atoms. The summed E-state index contributed by atoms with van der Waals surface area (Å²) in [7, 11) is 1.65. The van der Waals surface area contributed by atoms with E-state index in [-0.39, 0.29) is 17.3 Å². The van der Waals surface area contributed by atoms with Crippen molar-refractivity contribution in [1.82, 2.24) is 19.8 Å². The van der Waals surface area contributed by atoms with Crippen LogP contribution in [0.4, 0.5) is 0 Å². The molecule has 0 aliphatic heterocycles. The molecule has 7 heteroatoms. The first-order chi connectivity index (χ1) is 13.0. The maximum Gasteiger partial charge on any atom is 0.328 e. The summed E-state index contributed by atoms with van der Waals surface area (Å²) in [6.45, 7) is 9.83. The molecule has 2 aromatic rings. The standard InChI is InChI=1S/C20H30N4O3/c1-5-23(6-2)13-17(14-24-12-15(3)19(25)22-20(24)26)21-11-16-7-9-18(27-4)10-8-16/h7-10,12,17,21H,5-6,11,13-14H2,1-4H3,(H,22,25,26). The highest BCUT2D eigenvalue weighted by Gasteiger charge is 2.14. The van der Waals surface area contributed by atoms with E-state index in [0.717, 1.165) is 30.9 Å². The summed E-state index contributed by atoms with van der Waals surface area (Å²) < 4.78 is 6.77. The van der Waals surface area contributed by atoms with Crippen LogP contribution in [-0.4, -0.2) is 47.2 Å². The number of aromatic amines is 1. The Labute approximate surface area is 160 Å². The molecule has 0 amide bonds. The van der Waals surface area contributed by atoms with Gasteiger partial charge in [0.1, 0.15) is 5.75 Å². The highest BCUT2D eigenvalue weighted by molar-refractivity contribution is 5.27. The lowest BCUT2D eigenvalue weighted by Gasteiger charge is -2.27. The summed E-state index contributed by atoms with van der Waals surface area (Å²) in [5, 5.41) is 3.55. The second-order valence-electron chi connectivity index (χ2n) is 6.64. The van der Waals surface area contributed by atoms with Crippen LogP contribution in [0.3, 0.4) is 0 Å². The summed E-state index contributed by atoms with van der Waals surface area (Å²) in [6.07, 6.45) is 1.63. The molecule has 148 valence electrons. The van der Waals surface area contributed by atoms with Crippen molar-refractivity contribution < 1.29 is 4.74 Å². The van der Waals surface area contributed by atoms with E-state index < -0.39 is 0 Å². The number of nitrogens with zero attached hydrogens (tertiary/aromatic N) is 2. The van der Waals surface area contributed by atoms with Crippen LogP contribution in [0.15, 0.2) is 40.1 Å². The minimum atomic E-state index is -0.374. The van der Waals surface area contributed by atoms with Gasteiger partial charge in [0.25, 0.3) is 5.56 Å². The van der Waals surface area contributed by atoms with Crippen molar-refractivity contribution >= 4 is 0 Å². The lowest BCUT2D eigenvalue weighted by Crippen LogP contribution is -2.45. The Morgan fingerprint density at radius 2 is 1.85 bits per heavy atom. The zero-order valence-electron chi connectivity index (χ0n) is 16.6. The average molecular weight is 374 g/mol. The topological polar surface area (TPSA) is 79.4 Å². The second kappa shape index (κ2) is 10.1. The van der Waals surface area contributed by atoms with E-state index >= 15 is 0 Å². The normalized spacial score (nSPS) is 12.3. The van der Waals surface area contributed by atoms with Crippen LogP contribution in [0.1, 0.15) is 25.0 Å². The summed E-state index contributed by atoms with van der Waals surface area (Å²) in [5.41, 5.74) is 0.973. The highest BCUT2D eigenvalue weighted by atomic mass is 16.5. The predicted molar refractivity (Wildman–Crippen MR) is 107 cm³/mol. The van der Waals surface area contributed by atoms with Gasteiger partial charge >= 0.3 is 5.69 Å². The number of ether oxygens (including phenoxy) is 1. The Balaban J connectivity index is 2.13. The monoisotopic (exact) mass is 374 g/mol. The number of methoxy groups -OCH3 is 1. The van der Waals surface area contributed by atoms with Crippen molar-refractivity contribution in [2.75, 3.05) is 26.7 Å². The Hall–Kier alpha value is -2.38. The van der Waals surface area contributed by atoms with Crippen LogP contribution in [-0.2, 0) is 13.1 Å². The third-order valence-electron chi connectivity index (χ3n) is 4.73. The molecule has 2 rings (SSSR count). The molecule has 0 saturated heterocycles. The second-order valence-corrected chi connectivity index (χ2v) is 6.64. The Morgan fingerprint density at radius 1 is 1.19 bits per heavy atom. The average Bonchev–Trinajstić information content (AvgIpc) is 2.68. The van der Waals surface area contributed by atoms with E-state index in [9.17, 15) is 9.59 Å². The van der Waals surface area contributed by atoms with Crippen LogP contribution >= 0.6 is 0 Å². The first-order valence-electron chi connectivity index (χ1n) is 9.35. The predicted octanol–water partition coefficient (Wildman–Crippen LogP) is 1.35. The molecule has 1 atom stereocenters. The largest absolute Gasteiger partial charge is 0.497 e. The zero-order valence-corrected chi connectivity index (χ0v) is 16.6. The van der Waals surface area contributed by atoms with Gasteiger partial charge in [0.05, 0.1) is 7.11 Å². The Kier molecular flexibility index (Phi) is 7.82. The SMILES string of the molecule is CCN(CC)CC(Cn1cc(C)c(=O)[nH]c1=O)NCc1ccc(OC)cc1. The smallest absolute Gasteiger partial charge is 0.328 e. The van der Waals surface area contributed by atoms with Crippen LogP contribution < -0.4 is 21.3 Å². The molecule has 0 fully saturated rings. The van der Waals surface area contributed by atoms with Crippen molar-refractivity contribution in [1.29, 1.82) is 0 Å². The summed E-state index contributed by atoms with van der Waals surface area (Å²) in [4.78, 5) is 28.4. The number of hydrogen-bond donors (Lipinski definition) is 2. The van der Waals surface area contributed by atoms with Gasteiger partial charge in [0, 0.05) is 37.4 Å². The molecule has 0 saturated carbocycles. The van der Waals surface area contributed by atoms with E-state index in [4.69, 9.17) is 4.74 Å². The zero-order chi connectivity index (χ0) is 19.8. The van der Waals surface area contributed by atoms with Gasteiger partial charge in [-0.2, -0.15) is 0 Å². The number of nitrogens with one attached hydrogen (secondary N) is 2. The molecule has 0 spiro atoms. The van der Waals surface area contributed by atoms with E-state index in [1.807, 2.05) is 24.3 Å².